The fourth-order valence-electron chi connectivity index (χ4n) is 6.08. The number of benzene rings is 1. The lowest BCUT2D eigenvalue weighted by Crippen LogP contribution is -2.84. The second kappa shape index (κ2) is 11.9. The van der Waals surface area contributed by atoms with Crippen molar-refractivity contribution in [3.8, 4) is 0 Å². The van der Waals surface area contributed by atoms with Crippen LogP contribution in [0.4, 0.5) is 0 Å². The van der Waals surface area contributed by atoms with Gasteiger partial charge in [0.1, 0.15) is 8.24 Å². The molecule has 1 aliphatic heterocycles. The van der Waals surface area contributed by atoms with Crippen LogP contribution >= 0.6 is 0 Å². The first kappa shape index (κ1) is 27.0. The van der Waals surface area contributed by atoms with E-state index in [2.05, 4.69) is 75.6 Å². The quantitative estimate of drug-likeness (QED) is 0.188. The topological polar surface area (TPSA) is 12.5 Å². The van der Waals surface area contributed by atoms with E-state index in [1.165, 1.54) is 89.0 Å². The molecule has 33 heavy (non-hydrogen) atoms. The fourth-order valence-corrected chi connectivity index (χ4v) is 8.93. The Labute approximate surface area is 207 Å². The Kier molecular flexibility index (Phi) is 9.75. The average molecular weight is 470 g/mol. The van der Waals surface area contributed by atoms with Crippen molar-refractivity contribution in [2.75, 3.05) is 6.61 Å². The smallest absolute Gasteiger partial charge is 0.384 e. The summed E-state index contributed by atoms with van der Waals surface area (Å²) < 4.78 is 9.71. The molecule has 1 heterocycles. The minimum atomic E-state index is -1.59. The van der Waals surface area contributed by atoms with Gasteiger partial charge in [-0.3, -0.25) is 0 Å². The van der Waals surface area contributed by atoms with Gasteiger partial charge in [0.05, 0.1) is 0 Å². The molecule has 1 aromatic rings. The van der Waals surface area contributed by atoms with Crippen LogP contribution in [0, 0.1) is 0 Å². The van der Waals surface area contributed by atoms with Crippen molar-refractivity contribution < 1.29 is 4.65 Å². The van der Waals surface area contributed by atoms with Crippen LogP contribution in [0.3, 0.4) is 0 Å². The summed E-state index contributed by atoms with van der Waals surface area (Å²) in [5.74, 6) is 0. The molecule has 186 valence electrons. The molecule has 1 aromatic carbocycles. The molecule has 0 aromatic heterocycles. The van der Waals surface area contributed by atoms with Gasteiger partial charge in [-0.05, 0) is 42.3 Å². The normalized spacial score (nSPS) is 23.2. The van der Waals surface area contributed by atoms with Crippen LogP contribution in [0.25, 0.3) is 0 Å². The van der Waals surface area contributed by atoms with Crippen molar-refractivity contribution in [1.82, 2.24) is 4.48 Å². The van der Waals surface area contributed by atoms with Crippen LogP contribution in [0.5, 0.6) is 0 Å². The highest BCUT2D eigenvalue weighted by Gasteiger charge is 2.73. The predicted molar refractivity (Wildman–Crippen MR) is 148 cm³/mol. The van der Waals surface area contributed by atoms with Gasteiger partial charge in [0.15, 0.2) is 0 Å². The fraction of sp³-hybridized carbons (Fsp3) is 0.793. The van der Waals surface area contributed by atoms with Crippen molar-refractivity contribution >= 4 is 15.3 Å². The highest BCUT2D eigenvalue weighted by atomic mass is 28.3. The predicted octanol–water partition coefficient (Wildman–Crippen LogP) is 8.88. The molecule has 0 unspecified atom stereocenters. The van der Waals surface area contributed by atoms with Crippen LogP contribution in [0.1, 0.15) is 110 Å². The van der Waals surface area contributed by atoms with Crippen molar-refractivity contribution in [2.24, 2.45) is 0 Å². The molecular weight excluding hydrogens is 417 g/mol. The molecule has 2 nitrogen and oxygen atoms in total. The summed E-state index contributed by atoms with van der Waals surface area (Å²) in [7, 11) is -1.26. The number of fused-ring (bicyclic) bond motifs is 1. The minimum absolute atomic E-state index is 0.330. The highest BCUT2D eigenvalue weighted by Crippen LogP contribution is 2.67. The summed E-state index contributed by atoms with van der Waals surface area (Å²) in [4.78, 5) is 0. The maximum atomic E-state index is 6.81. The number of hydrogen-bond donors (Lipinski definition) is 0. The standard InChI is InChI=1S/C29H52BNOSi/c1-7-8-9-10-11-12-13-14-15-19-24-32-30-29(25-26-20-17-16-18-21-26)23-22-27(29)31(30)33(5,6)28(2,3)4/h16-18,20-21,27H,7-15,19,22-25H2,1-6H3/t27-,29-/m1/s1. The lowest BCUT2D eigenvalue weighted by Gasteiger charge is -2.73. The molecule has 1 saturated carbocycles. The second-order valence-electron chi connectivity index (χ2n) is 12.6. The zero-order valence-corrected chi connectivity index (χ0v) is 23.8. The van der Waals surface area contributed by atoms with E-state index in [1.807, 2.05) is 0 Å². The Morgan fingerprint density at radius 1 is 0.939 bits per heavy atom. The zero-order chi connectivity index (χ0) is 24.0. The van der Waals surface area contributed by atoms with Gasteiger partial charge in [-0.15, -0.1) is 0 Å². The first-order valence-corrected chi connectivity index (χ1v) is 17.1. The summed E-state index contributed by atoms with van der Waals surface area (Å²) in [6.45, 7) is 15.8. The monoisotopic (exact) mass is 469 g/mol. The Balaban J connectivity index is 1.50. The van der Waals surface area contributed by atoms with E-state index in [1.54, 1.807) is 0 Å². The Morgan fingerprint density at radius 2 is 1.52 bits per heavy atom. The summed E-state index contributed by atoms with van der Waals surface area (Å²) in [5.41, 5.74) is 1.49. The van der Waals surface area contributed by atoms with Crippen LogP contribution in [-0.4, -0.2) is 32.4 Å². The van der Waals surface area contributed by atoms with Gasteiger partial charge in [-0.25, -0.2) is 0 Å². The van der Waals surface area contributed by atoms with Crippen molar-refractivity contribution in [3.63, 3.8) is 0 Å². The zero-order valence-electron chi connectivity index (χ0n) is 22.8. The first-order valence-electron chi connectivity index (χ1n) is 14.2. The van der Waals surface area contributed by atoms with Gasteiger partial charge in [0, 0.05) is 11.9 Å². The third kappa shape index (κ3) is 6.17. The van der Waals surface area contributed by atoms with E-state index < -0.39 is 8.24 Å². The molecule has 2 atom stereocenters. The maximum Gasteiger partial charge on any atom is 0.384 e. The van der Waals surface area contributed by atoms with E-state index in [4.69, 9.17) is 4.65 Å². The number of hydrogen-bond acceptors (Lipinski definition) is 2. The molecule has 0 bridgehead atoms. The number of rotatable bonds is 15. The van der Waals surface area contributed by atoms with E-state index in [-0.39, 0.29) is 0 Å². The molecule has 0 amide bonds. The SMILES string of the molecule is CCCCCCCCCCCCOB1N([Si](C)(C)C(C)(C)C)[C@@H]2CC[C@]12Cc1ccccc1. The van der Waals surface area contributed by atoms with Crippen molar-refractivity contribution in [3.05, 3.63) is 35.9 Å². The molecule has 0 radical (unpaired) electrons. The lowest BCUT2D eigenvalue weighted by molar-refractivity contribution is 0.0547. The largest absolute Gasteiger partial charge is 0.421 e. The summed E-state index contributed by atoms with van der Waals surface area (Å²) in [6, 6.07) is 11.9. The number of nitrogens with zero attached hydrogens (tertiary/aromatic N) is 1. The third-order valence-corrected chi connectivity index (χ3v) is 14.8. The lowest BCUT2D eigenvalue weighted by atomic mass is 9.32. The van der Waals surface area contributed by atoms with Crippen LogP contribution in [0.15, 0.2) is 30.3 Å². The molecule has 2 fully saturated rings. The summed E-state index contributed by atoms with van der Waals surface area (Å²) in [6.07, 6.45) is 17.7. The third-order valence-electron chi connectivity index (χ3n) is 9.26. The van der Waals surface area contributed by atoms with Crippen LogP contribution in [-0.2, 0) is 11.1 Å². The molecule has 1 aliphatic carbocycles. The van der Waals surface area contributed by atoms with Crippen molar-refractivity contribution in [2.45, 2.75) is 141 Å². The van der Waals surface area contributed by atoms with Gasteiger partial charge in [-0.2, -0.15) is 0 Å². The Bertz CT molecular complexity index is 703. The summed E-state index contributed by atoms with van der Waals surface area (Å²) in [5, 5.41) is 0.718. The first-order chi connectivity index (χ1) is 15.7. The maximum absolute atomic E-state index is 6.81. The minimum Gasteiger partial charge on any atom is -0.421 e. The van der Waals surface area contributed by atoms with Gasteiger partial charge in [0.2, 0.25) is 0 Å². The molecule has 4 heteroatoms. The molecule has 0 spiro atoms. The van der Waals surface area contributed by atoms with E-state index in [0.717, 1.165) is 12.6 Å². The Hall–Kier alpha value is -0.578. The molecule has 3 rings (SSSR count). The highest BCUT2D eigenvalue weighted by molar-refractivity contribution is 6.87. The second-order valence-corrected chi connectivity index (χ2v) is 17.7. The van der Waals surface area contributed by atoms with Crippen LogP contribution < -0.4 is 0 Å². The van der Waals surface area contributed by atoms with Crippen LogP contribution in [0.2, 0.25) is 23.4 Å². The molecule has 1 saturated heterocycles. The molecule has 2 aliphatic rings. The van der Waals surface area contributed by atoms with E-state index in [0.29, 0.717) is 17.4 Å². The molecule has 0 N–H and O–H groups in total. The Morgan fingerprint density at radius 3 is 2.03 bits per heavy atom. The average Bonchev–Trinajstić information content (AvgIpc) is 2.76. The van der Waals surface area contributed by atoms with E-state index in [9.17, 15) is 0 Å². The van der Waals surface area contributed by atoms with Crippen molar-refractivity contribution in [1.29, 1.82) is 0 Å². The van der Waals surface area contributed by atoms with Gasteiger partial charge in [-0.1, -0.05) is 129 Å². The number of unbranched alkanes of at least 4 members (excludes halogenated alkanes) is 9. The van der Waals surface area contributed by atoms with Gasteiger partial charge >= 0.3 is 7.05 Å². The van der Waals surface area contributed by atoms with E-state index >= 15 is 0 Å². The molecular formula is C29H52BNOSi. The van der Waals surface area contributed by atoms with Gasteiger partial charge in [0.25, 0.3) is 0 Å². The summed E-state index contributed by atoms with van der Waals surface area (Å²) >= 11 is 0. The van der Waals surface area contributed by atoms with Gasteiger partial charge < -0.3 is 9.13 Å².